The standard InChI is InChI=1S/C23H29N5O/c29-23(17-26-15-10-20(11-16-26)19-7-2-1-3-8-19)12-6-13-27(18-23)22-25-24-21-9-4-5-14-28(21)22/h1-5,7-9,14,20,29H,6,10-13,15-18H2. The maximum absolute atomic E-state index is 11.4. The van der Waals surface area contributed by atoms with Gasteiger partial charge in [0.15, 0.2) is 5.65 Å². The average molecular weight is 392 g/mol. The van der Waals surface area contributed by atoms with Crippen LogP contribution in [0.4, 0.5) is 5.95 Å². The summed E-state index contributed by atoms with van der Waals surface area (Å²) in [4.78, 5) is 4.64. The molecule has 1 N–H and O–H groups in total. The minimum atomic E-state index is -0.696. The van der Waals surface area contributed by atoms with E-state index in [9.17, 15) is 5.11 Å². The summed E-state index contributed by atoms with van der Waals surface area (Å²) < 4.78 is 2.01. The van der Waals surface area contributed by atoms with Gasteiger partial charge in [-0.25, -0.2) is 0 Å². The summed E-state index contributed by atoms with van der Waals surface area (Å²) in [5.41, 5.74) is 1.60. The van der Waals surface area contributed by atoms with Crippen molar-refractivity contribution < 1.29 is 5.11 Å². The lowest BCUT2D eigenvalue weighted by atomic mass is 9.87. The van der Waals surface area contributed by atoms with Gasteiger partial charge >= 0.3 is 0 Å². The van der Waals surface area contributed by atoms with E-state index in [0.29, 0.717) is 12.5 Å². The Hall–Kier alpha value is -2.44. The first kappa shape index (κ1) is 18.6. The summed E-state index contributed by atoms with van der Waals surface area (Å²) in [6.45, 7) is 4.36. The van der Waals surface area contributed by atoms with Gasteiger partial charge < -0.3 is 14.9 Å². The lowest BCUT2D eigenvalue weighted by Gasteiger charge is -2.43. The van der Waals surface area contributed by atoms with Crippen molar-refractivity contribution in [1.29, 1.82) is 0 Å². The number of β-amino-alcohol motifs (C(OH)–C–C–N with tert-alkyl or cyclic N) is 1. The number of benzene rings is 1. The molecule has 3 aromatic rings. The minimum absolute atomic E-state index is 0.612. The van der Waals surface area contributed by atoms with Gasteiger partial charge in [0.05, 0.1) is 12.1 Å². The second-order valence-electron chi connectivity index (χ2n) is 8.64. The fraction of sp³-hybridized carbons (Fsp3) is 0.478. The number of fused-ring (bicyclic) bond motifs is 1. The van der Waals surface area contributed by atoms with Crippen LogP contribution in [-0.2, 0) is 0 Å². The molecule has 152 valence electrons. The molecule has 0 spiro atoms. The summed E-state index contributed by atoms with van der Waals surface area (Å²) >= 11 is 0. The summed E-state index contributed by atoms with van der Waals surface area (Å²) in [6, 6.07) is 16.8. The number of pyridine rings is 1. The maximum Gasteiger partial charge on any atom is 0.231 e. The molecule has 2 aliphatic rings. The Morgan fingerprint density at radius 2 is 1.76 bits per heavy atom. The Morgan fingerprint density at radius 1 is 0.966 bits per heavy atom. The molecule has 0 amide bonds. The highest BCUT2D eigenvalue weighted by Crippen LogP contribution is 2.31. The fourth-order valence-electron chi connectivity index (χ4n) is 5.02. The van der Waals surface area contributed by atoms with E-state index < -0.39 is 5.60 Å². The third kappa shape index (κ3) is 3.87. The third-order valence-electron chi connectivity index (χ3n) is 6.51. The van der Waals surface area contributed by atoms with E-state index in [1.807, 2.05) is 28.8 Å². The molecule has 0 bridgehead atoms. The number of anilines is 1. The van der Waals surface area contributed by atoms with E-state index in [2.05, 4.69) is 50.3 Å². The van der Waals surface area contributed by atoms with Crippen molar-refractivity contribution in [3.8, 4) is 0 Å². The zero-order valence-electron chi connectivity index (χ0n) is 16.8. The monoisotopic (exact) mass is 391 g/mol. The molecule has 4 heterocycles. The first-order chi connectivity index (χ1) is 14.2. The van der Waals surface area contributed by atoms with Crippen LogP contribution in [0.5, 0.6) is 0 Å². The SMILES string of the molecule is OC1(CN2CCC(c3ccccc3)CC2)CCCN(c2nnc3ccccn23)C1. The van der Waals surface area contributed by atoms with Crippen molar-refractivity contribution in [2.24, 2.45) is 0 Å². The first-order valence-corrected chi connectivity index (χ1v) is 10.7. The molecule has 6 nitrogen and oxygen atoms in total. The van der Waals surface area contributed by atoms with Crippen molar-refractivity contribution in [2.75, 3.05) is 37.6 Å². The number of nitrogens with zero attached hydrogens (tertiary/aromatic N) is 5. The van der Waals surface area contributed by atoms with Gasteiger partial charge in [0.2, 0.25) is 5.95 Å². The van der Waals surface area contributed by atoms with Gasteiger partial charge in [-0.15, -0.1) is 10.2 Å². The van der Waals surface area contributed by atoms with Crippen LogP contribution in [0.2, 0.25) is 0 Å². The number of aliphatic hydroxyl groups is 1. The summed E-state index contributed by atoms with van der Waals surface area (Å²) in [5.74, 6) is 1.48. The Morgan fingerprint density at radius 3 is 2.59 bits per heavy atom. The summed E-state index contributed by atoms with van der Waals surface area (Å²) in [7, 11) is 0. The van der Waals surface area contributed by atoms with Gasteiger partial charge in [0.25, 0.3) is 0 Å². The molecule has 2 saturated heterocycles. The highest BCUT2D eigenvalue weighted by atomic mass is 16.3. The number of hydrogen-bond donors (Lipinski definition) is 1. The van der Waals surface area contributed by atoms with Gasteiger partial charge in [0.1, 0.15) is 0 Å². The van der Waals surface area contributed by atoms with Crippen LogP contribution in [0.15, 0.2) is 54.7 Å². The molecule has 2 aliphatic heterocycles. The normalized spacial score (nSPS) is 24.2. The largest absolute Gasteiger partial charge is 0.387 e. The molecular weight excluding hydrogens is 362 g/mol. The van der Waals surface area contributed by atoms with E-state index in [1.54, 1.807) is 0 Å². The molecule has 0 radical (unpaired) electrons. The maximum atomic E-state index is 11.4. The molecule has 5 rings (SSSR count). The van der Waals surface area contributed by atoms with E-state index >= 15 is 0 Å². The summed E-state index contributed by atoms with van der Waals surface area (Å²) in [6.07, 6.45) is 6.14. The molecule has 1 unspecified atom stereocenters. The van der Waals surface area contributed by atoms with Crippen LogP contribution in [-0.4, -0.2) is 62.9 Å². The highest BCUT2D eigenvalue weighted by Gasteiger charge is 2.37. The Kier molecular flexibility index (Phi) is 4.97. The van der Waals surface area contributed by atoms with Crippen molar-refractivity contribution in [1.82, 2.24) is 19.5 Å². The van der Waals surface area contributed by atoms with E-state index in [0.717, 1.165) is 50.6 Å². The predicted molar refractivity (Wildman–Crippen MR) is 114 cm³/mol. The van der Waals surface area contributed by atoms with E-state index in [1.165, 1.54) is 18.4 Å². The molecule has 0 aliphatic carbocycles. The van der Waals surface area contributed by atoms with E-state index in [-0.39, 0.29) is 0 Å². The lowest BCUT2D eigenvalue weighted by Crippen LogP contribution is -2.55. The highest BCUT2D eigenvalue weighted by molar-refractivity contribution is 5.46. The molecule has 2 aromatic heterocycles. The van der Waals surface area contributed by atoms with Crippen LogP contribution in [0, 0.1) is 0 Å². The van der Waals surface area contributed by atoms with Crippen LogP contribution >= 0.6 is 0 Å². The lowest BCUT2D eigenvalue weighted by molar-refractivity contribution is -0.0134. The Balaban J connectivity index is 1.23. The number of rotatable bonds is 4. The van der Waals surface area contributed by atoms with Gasteiger partial charge in [-0.2, -0.15) is 0 Å². The van der Waals surface area contributed by atoms with Crippen LogP contribution in [0.25, 0.3) is 5.65 Å². The van der Waals surface area contributed by atoms with Crippen LogP contribution in [0.3, 0.4) is 0 Å². The van der Waals surface area contributed by atoms with Gasteiger partial charge in [-0.1, -0.05) is 36.4 Å². The number of likely N-dealkylation sites (tertiary alicyclic amines) is 1. The van der Waals surface area contributed by atoms with Crippen molar-refractivity contribution >= 4 is 11.6 Å². The Bertz CT molecular complexity index is 950. The number of piperidine rings is 2. The van der Waals surface area contributed by atoms with Crippen molar-refractivity contribution in [3.63, 3.8) is 0 Å². The number of hydrogen-bond acceptors (Lipinski definition) is 5. The van der Waals surface area contributed by atoms with Crippen molar-refractivity contribution in [3.05, 3.63) is 60.3 Å². The molecule has 6 heteroatoms. The minimum Gasteiger partial charge on any atom is -0.387 e. The Labute approximate surface area is 171 Å². The van der Waals surface area contributed by atoms with Gasteiger partial charge in [-0.05, 0) is 62.4 Å². The topological polar surface area (TPSA) is 56.9 Å². The van der Waals surface area contributed by atoms with E-state index in [4.69, 9.17) is 0 Å². The fourth-order valence-corrected chi connectivity index (χ4v) is 5.02. The van der Waals surface area contributed by atoms with Crippen molar-refractivity contribution in [2.45, 2.75) is 37.2 Å². The quantitative estimate of drug-likeness (QED) is 0.741. The van der Waals surface area contributed by atoms with Crippen LogP contribution in [0.1, 0.15) is 37.2 Å². The molecule has 0 saturated carbocycles. The van der Waals surface area contributed by atoms with Gasteiger partial charge in [-0.3, -0.25) is 4.40 Å². The molecule has 1 aromatic carbocycles. The second kappa shape index (κ2) is 7.76. The van der Waals surface area contributed by atoms with Crippen LogP contribution < -0.4 is 4.90 Å². The average Bonchev–Trinajstić information content (AvgIpc) is 3.19. The first-order valence-electron chi connectivity index (χ1n) is 10.7. The molecule has 2 fully saturated rings. The zero-order valence-corrected chi connectivity index (χ0v) is 16.8. The van der Waals surface area contributed by atoms with Gasteiger partial charge in [0, 0.05) is 19.3 Å². The smallest absolute Gasteiger partial charge is 0.231 e. The molecular formula is C23H29N5O. The second-order valence-corrected chi connectivity index (χ2v) is 8.64. The molecule has 1 atom stereocenters. The number of aromatic nitrogens is 3. The zero-order chi connectivity index (χ0) is 19.7. The third-order valence-corrected chi connectivity index (χ3v) is 6.51. The predicted octanol–water partition coefficient (Wildman–Crippen LogP) is 2.94. The summed E-state index contributed by atoms with van der Waals surface area (Å²) in [5, 5.41) is 20.1. The molecule has 29 heavy (non-hydrogen) atoms.